The second-order valence-electron chi connectivity index (χ2n) is 8.74. The Balaban J connectivity index is 1.82. The summed E-state index contributed by atoms with van der Waals surface area (Å²) in [6, 6.07) is 12.5. The van der Waals surface area contributed by atoms with Crippen LogP contribution in [0.3, 0.4) is 0 Å². The van der Waals surface area contributed by atoms with Crippen LogP contribution in [0.5, 0.6) is 23.4 Å². The molecule has 36 heavy (non-hydrogen) atoms. The van der Waals surface area contributed by atoms with E-state index in [1.165, 1.54) is 18.2 Å². The maximum Gasteiger partial charge on any atom is 0.339 e. The van der Waals surface area contributed by atoms with E-state index in [0.717, 1.165) is 0 Å². The highest BCUT2D eigenvalue weighted by Crippen LogP contribution is 2.34. The number of nitrogens with two attached hydrogens (primary N) is 1. The number of aromatic amines is 1. The van der Waals surface area contributed by atoms with E-state index in [4.69, 9.17) is 20.6 Å². The number of benzene rings is 2. The van der Waals surface area contributed by atoms with Gasteiger partial charge in [-0.2, -0.15) is 15.2 Å². The van der Waals surface area contributed by atoms with Gasteiger partial charge >= 0.3 is 12.0 Å². The maximum absolute atomic E-state index is 11.8. The lowest BCUT2D eigenvalue weighted by molar-refractivity contribution is 0.0694. The normalized spacial score (nSPS) is 11.1. The molecule has 6 N–H and O–H groups in total. The average Bonchev–Trinajstić information content (AvgIpc) is 3.24. The lowest BCUT2D eigenvalue weighted by atomic mass is 9.96. The van der Waals surface area contributed by atoms with Crippen LogP contribution in [0.2, 0.25) is 0 Å². The van der Waals surface area contributed by atoms with Crippen LogP contribution in [0.25, 0.3) is 11.2 Å². The summed E-state index contributed by atoms with van der Waals surface area (Å²) in [6.07, 6.45) is 0. The lowest BCUT2D eigenvalue weighted by Gasteiger charge is -2.13. The molecule has 0 bridgehead atoms. The molecule has 182 valence electrons. The van der Waals surface area contributed by atoms with Crippen molar-refractivity contribution in [2.75, 3.05) is 5.32 Å². The summed E-state index contributed by atoms with van der Waals surface area (Å²) in [5.74, 6) is -0.631. The summed E-state index contributed by atoms with van der Waals surface area (Å²) in [4.78, 5) is 28.2. The van der Waals surface area contributed by atoms with Crippen molar-refractivity contribution >= 4 is 28.8 Å². The van der Waals surface area contributed by atoms with Crippen molar-refractivity contribution in [2.24, 2.45) is 5.73 Å². The number of aromatic nitrogens is 4. The summed E-state index contributed by atoms with van der Waals surface area (Å²) >= 11 is 0. The first-order valence-electron chi connectivity index (χ1n) is 10.7. The van der Waals surface area contributed by atoms with Gasteiger partial charge in [0.1, 0.15) is 28.4 Å². The van der Waals surface area contributed by atoms with E-state index < -0.39 is 5.97 Å². The largest absolute Gasteiger partial charge is 0.478 e. The zero-order valence-electron chi connectivity index (χ0n) is 19.6. The Morgan fingerprint density at radius 2 is 1.94 bits per heavy atom. The van der Waals surface area contributed by atoms with Crippen LogP contribution in [-0.4, -0.2) is 37.0 Å². The number of hydrogen-bond donors (Lipinski definition) is 5. The van der Waals surface area contributed by atoms with Crippen LogP contribution in [-0.2, 0) is 5.41 Å². The van der Waals surface area contributed by atoms with Gasteiger partial charge in [0, 0.05) is 17.2 Å². The molecule has 0 aliphatic heterocycles. The van der Waals surface area contributed by atoms with E-state index in [9.17, 15) is 15.2 Å². The Labute approximate surface area is 205 Å². The third-order valence-corrected chi connectivity index (χ3v) is 4.88. The number of nitrogens with one attached hydrogen (secondary N) is 3. The number of carbonyl (C=O) groups is 1. The molecule has 0 unspecified atom stereocenters. The molecule has 4 rings (SSSR count). The molecule has 2 aromatic carbocycles. The zero-order chi connectivity index (χ0) is 26.0. The van der Waals surface area contributed by atoms with Gasteiger partial charge in [-0.3, -0.25) is 5.41 Å². The van der Waals surface area contributed by atoms with Crippen molar-refractivity contribution in [3.8, 4) is 29.5 Å². The number of aromatic carboxylic acids is 1. The minimum absolute atomic E-state index is 0.0337. The molecule has 2 aromatic heterocycles. The van der Waals surface area contributed by atoms with Gasteiger partial charge in [0.2, 0.25) is 0 Å². The topological polar surface area (TPSA) is 196 Å². The van der Waals surface area contributed by atoms with Gasteiger partial charge < -0.3 is 30.6 Å². The smallest absolute Gasteiger partial charge is 0.339 e. The second-order valence-corrected chi connectivity index (χ2v) is 8.74. The first kappa shape index (κ1) is 24.0. The highest BCUT2D eigenvalue weighted by atomic mass is 16.5. The van der Waals surface area contributed by atoms with Gasteiger partial charge in [0.15, 0.2) is 11.6 Å². The quantitative estimate of drug-likeness (QED) is 0.195. The van der Waals surface area contributed by atoms with Crippen LogP contribution in [0.1, 0.15) is 42.5 Å². The Hall–Kier alpha value is -5.18. The fourth-order valence-corrected chi connectivity index (χ4v) is 3.18. The number of rotatable bonds is 6. The summed E-state index contributed by atoms with van der Waals surface area (Å²) in [7, 11) is 0. The van der Waals surface area contributed by atoms with Gasteiger partial charge in [0.05, 0.1) is 11.6 Å². The van der Waals surface area contributed by atoms with Crippen LogP contribution < -0.4 is 20.5 Å². The molecule has 0 aliphatic carbocycles. The third-order valence-electron chi connectivity index (χ3n) is 4.88. The molecule has 0 atom stereocenters. The number of guanidine groups is 1. The molecule has 4 aromatic rings. The fraction of sp³-hybridized carbons (Fsp3) is 0.167. The number of nitrogens with zero attached hydrogens (tertiary/aromatic N) is 4. The first-order chi connectivity index (χ1) is 17.0. The predicted octanol–water partition coefficient (Wildman–Crippen LogP) is 4.11. The van der Waals surface area contributed by atoms with Gasteiger partial charge in [-0.1, -0.05) is 26.8 Å². The summed E-state index contributed by atoms with van der Waals surface area (Å²) in [5, 5.41) is 28.9. The molecule has 0 amide bonds. The standard InChI is InChI=1S/C24H22N8O4/c1-24(2,3)21-29-17-18(30-21)31-23(35-14-6-4-5-13(10-14)28-22(26)27)32-19(17)36-16-9-12(11-25)7-8-15(16)20(33)34/h4-10H,1-3H3,(H,33,34)(H4,26,27,28)(H,29,30,31,32). The van der Waals surface area contributed by atoms with Crippen LogP contribution in [0.15, 0.2) is 42.5 Å². The number of hydrogen-bond acceptors (Lipinski definition) is 8. The van der Waals surface area contributed by atoms with E-state index in [0.29, 0.717) is 22.8 Å². The molecule has 12 nitrogen and oxygen atoms in total. The molecule has 12 heteroatoms. The van der Waals surface area contributed by atoms with Gasteiger partial charge in [0.25, 0.3) is 5.88 Å². The van der Waals surface area contributed by atoms with Crippen LogP contribution in [0.4, 0.5) is 5.69 Å². The number of fused-ring (bicyclic) bond motifs is 1. The highest BCUT2D eigenvalue weighted by molar-refractivity contribution is 5.91. The summed E-state index contributed by atoms with van der Waals surface area (Å²) in [6.45, 7) is 5.88. The molecule has 0 spiro atoms. The van der Waals surface area contributed by atoms with E-state index in [2.05, 4.69) is 25.3 Å². The Bertz CT molecular complexity index is 1530. The van der Waals surface area contributed by atoms with Crippen molar-refractivity contribution in [2.45, 2.75) is 26.2 Å². The zero-order valence-corrected chi connectivity index (χ0v) is 19.6. The number of H-pyrrole nitrogens is 1. The van der Waals surface area contributed by atoms with E-state index in [1.807, 2.05) is 26.8 Å². The summed E-state index contributed by atoms with van der Waals surface area (Å²) in [5.41, 5.74) is 6.18. The van der Waals surface area contributed by atoms with E-state index in [1.54, 1.807) is 24.3 Å². The number of imidazole rings is 1. The predicted molar refractivity (Wildman–Crippen MR) is 131 cm³/mol. The van der Waals surface area contributed by atoms with Crippen molar-refractivity contribution in [3.05, 3.63) is 59.4 Å². The van der Waals surface area contributed by atoms with Crippen molar-refractivity contribution < 1.29 is 19.4 Å². The molecule has 0 fully saturated rings. The number of ether oxygens (including phenoxy) is 2. The molecule has 0 aliphatic rings. The molecule has 0 radical (unpaired) electrons. The van der Waals surface area contributed by atoms with Gasteiger partial charge in [-0.25, -0.2) is 9.78 Å². The Morgan fingerprint density at radius 1 is 1.17 bits per heavy atom. The average molecular weight is 486 g/mol. The minimum atomic E-state index is -1.23. The molecule has 0 saturated carbocycles. The number of nitriles is 1. The maximum atomic E-state index is 11.8. The van der Waals surface area contributed by atoms with E-state index in [-0.39, 0.29) is 45.8 Å². The monoisotopic (exact) mass is 486 g/mol. The van der Waals surface area contributed by atoms with Crippen molar-refractivity contribution in [1.82, 2.24) is 19.9 Å². The van der Waals surface area contributed by atoms with Gasteiger partial charge in [-0.15, -0.1) is 0 Å². The SMILES string of the molecule is CC(C)(C)c1nc2nc(Oc3cccc(NC(=N)N)c3)nc(Oc3cc(C#N)ccc3C(=O)O)c2[nH]1. The van der Waals surface area contributed by atoms with Crippen molar-refractivity contribution in [1.29, 1.82) is 10.7 Å². The van der Waals surface area contributed by atoms with E-state index >= 15 is 0 Å². The Kier molecular flexibility index (Phi) is 6.14. The number of carboxylic acids is 1. The highest BCUT2D eigenvalue weighted by Gasteiger charge is 2.24. The minimum Gasteiger partial charge on any atom is -0.478 e. The molecular weight excluding hydrogens is 464 g/mol. The summed E-state index contributed by atoms with van der Waals surface area (Å²) < 4.78 is 11.7. The van der Waals surface area contributed by atoms with Crippen LogP contribution >= 0.6 is 0 Å². The lowest BCUT2D eigenvalue weighted by Crippen LogP contribution is -2.20. The molecule has 2 heterocycles. The fourth-order valence-electron chi connectivity index (χ4n) is 3.18. The molecular formula is C24H22N8O4. The Morgan fingerprint density at radius 3 is 2.61 bits per heavy atom. The molecule has 0 saturated heterocycles. The van der Waals surface area contributed by atoms with Crippen molar-refractivity contribution in [3.63, 3.8) is 0 Å². The second kappa shape index (κ2) is 9.22. The number of anilines is 1. The third kappa shape index (κ3) is 5.15. The first-order valence-corrected chi connectivity index (χ1v) is 10.7. The number of carboxylic acid groups (broad SMARTS) is 1. The van der Waals surface area contributed by atoms with Gasteiger partial charge in [-0.05, 0) is 30.3 Å². The van der Waals surface area contributed by atoms with Crippen LogP contribution in [0, 0.1) is 16.7 Å².